The van der Waals surface area contributed by atoms with Crippen LogP contribution in [0.3, 0.4) is 0 Å². The molecular formula is C18H18ClN3. The molecule has 0 aliphatic heterocycles. The van der Waals surface area contributed by atoms with Crippen LogP contribution in [-0.2, 0) is 5.41 Å². The number of fused-ring (bicyclic) bond motifs is 1. The fraction of sp³-hybridized carbons (Fsp3) is 0.278. The van der Waals surface area contributed by atoms with Crippen molar-refractivity contribution in [2.24, 2.45) is 0 Å². The van der Waals surface area contributed by atoms with Crippen molar-refractivity contribution < 1.29 is 0 Å². The molecule has 0 saturated carbocycles. The third kappa shape index (κ3) is 2.69. The quantitative estimate of drug-likeness (QED) is 0.597. The maximum absolute atomic E-state index is 6.33. The maximum atomic E-state index is 6.33. The van der Waals surface area contributed by atoms with E-state index >= 15 is 0 Å². The molecule has 2 aromatic heterocycles. The molecule has 0 bridgehead atoms. The van der Waals surface area contributed by atoms with E-state index in [1.54, 1.807) is 6.20 Å². The normalized spacial score (nSPS) is 11.9. The smallest absolute Gasteiger partial charge is 0.136 e. The Kier molecular flexibility index (Phi) is 3.61. The zero-order chi connectivity index (χ0) is 15.9. The monoisotopic (exact) mass is 311 g/mol. The summed E-state index contributed by atoms with van der Waals surface area (Å²) in [6.07, 6.45) is 1.80. The standard InChI is InChI=1S/C18H18ClN3/c1-11-15(21-17(18(2,3)4)22-16(11)19)13-8-7-12-6-5-9-20-14(12)10-13/h5-10H,1-4H3. The highest BCUT2D eigenvalue weighted by Crippen LogP contribution is 2.30. The lowest BCUT2D eigenvalue weighted by atomic mass is 9.95. The number of hydrogen-bond acceptors (Lipinski definition) is 3. The van der Waals surface area contributed by atoms with E-state index in [0.29, 0.717) is 5.15 Å². The van der Waals surface area contributed by atoms with E-state index in [1.165, 1.54) is 0 Å². The Morgan fingerprint density at radius 1 is 1.05 bits per heavy atom. The molecule has 1 aromatic carbocycles. The lowest BCUT2D eigenvalue weighted by Crippen LogP contribution is -2.17. The van der Waals surface area contributed by atoms with Gasteiger partial charge in [-0.3, -0.25) is 4.98 Å². The lowest BCUT2D eigenvalue weighted by molar-refractivity contribution is 0.545. The molecule has 0 amide bonds. The van der Waals surface area contributed by atoms with E-state index in [-0.39, 0.29) is 5.41 Å². The number of pyridine rings is 1. The number of benzene rings is 1. The second-order valence-electron chi connectivity index (χ2n) is 6.47. The molecule has 3 rings (SSSR count). The molecule has 22 heavy (non-hydrogen) atoms. The van der Waals surface area contributed by atoms with Crippen molar-refractivity contribution in [3.05, 3.63) is 53.1 Å². The molecule has 0 atom stereocenters. The van der Waals surface area contributed by atoms with Gasteiger partial charge < -0.3 is 0 Å². The van der Waals surface area contributed by atoms with Crippen molar-refractivity contribution >= 4 is 22.5 Å². The number of aromatic nitrogens is 3. The molecule has 0 unspecified atom stereocenters. The molecule has 3 nitrogen and oxygen atoms in total. The minimum Gasteiger partial charge on any atom is -0.256 e. The van der Waals surface area contributed by atoms with Crippen LogP contribution in [0.1, 0.15) is 32.2 Å². The van der Waals surface area contributed by atoms with Gasteiger partial charge in [0.15, 0.2) is 0 Å². The van der Waals surface area contributed by atoms with Crippen molar-refractivity contribution in [2.45, 2.75) is 33.1 Å². The number of rotatable bonds is 1. The van der Waals surface area contributed by atoms with Crippen molar-refractivity contribution in [2.75, 3.05) is 0 Å². The van der Waals surface area contributed by atoms with Crippen LogP contribution in [0.5, 0.6) is 0 Å². The Balaban J connectivity index is 2.23. The Labute approximate surface area is 135 Å². The van der Waals surface area contributed by atoms with E-state index in [4.69, 9.17) is 16.6 Å². The Morgan fingerprint density at radius 2 is 1.82 bits per heavy atom. The highest BCUT2D eigenvalue weighted by molar-refractivity contribution is 6.30. The highest BCUT2D eigenvalue weighted by atomic mass is 35.5. The Bertz CT molecular complexity index is 851. The summed E-state index contributed by atoms with van der Waals surface area (Å²) in [4.78, 5) is 13.6. The first-order chi connectivity index (χ1) is 10.4. The van der Waals surface area contributed by atoms with Crippen molar-refractivity contribution in [1.82, 2.24) is 15.0 Å². The van der Waals surface area contributed by atoms with Gasteiger partial charge in [0.05, 0.1) is 11.2 Å². The van der Waals surface area contributed by atoms with Crippen LogP contribution in [-0.4, -0.2) is 15.0 Å². The molecular weight excluding hydrogens is 294 g/mol. The summed E-state index contributed by atoms with van der Waals surface area (Å²) in [5, 5.41) is 1.62. The predicted octanol–water partition coefficient (Wildman–Crippen LogP) is 4.95. The molecule has 2 heterocycles. The van der Waals surface area contributed by atoms with Crippen LogP contribution in [0.15, 0.2) is 36.5 Å². The molecule has 0 spiro atoms. The molecule has 3 aromatic rings. The van der Waals surface area contributed by atoms with E-state index < -0.39 is 0 Å². The minimum atomic E-state index is -0.152. The molecule has 4 heteroatoms. The van der Waals surface area contributed by atoms with E-state index in [2.05, 4.69) is 42.9 Å². The third-order valence-electron chi connectivity index (χ3n) is 3.64. The van der Waals surface area contributed by atoms with Gasteiger partial charge >= 0.3 is 0 Å². The zero-order valence-electron chi connectivity index (χ0n) is 13.2. The molecule has 0 aliphatic rings. The fourth-order valence-electron chi connectivity index (χ4n) is 2.32. The number of hydrogen-bond donors (Lipinski definition) is 0. The maximum Gasteiger partial charge on any atom is 0.136 e. The van der Waals surface area contributed by atoms with Gasteiger partial charge in [0.1, 0.15) is 11.0 Å². The van der Waals surface area contributed by atoms with Gasteiger partial charge in [0.2, 0.25) is 0 Å². The number of nitrogens with zero attached hydrogens (tertiary/aromatic N) is 3. The number of halogens is 1. The largest absolute Gasteiger partial charge is 0.256 e. The molecule has 0 aliphatic carbocycles. The van der Waals surface area contributed by atoms with Crippen molar-refractivity contribution in [1.29, 1.82) is 0 Å². The topological polar surface area (TPSA) is 38.7 Å². The second-order valence-corrected chi connectivity index (χ2v) is 6.83. The van der Waals surface area contributed by atoms with Crippen LogP contribution in [0.25, 0.3) is 22.2 Å². The van der Waals surface area contributed by atoms with Crippen molar-refractivity contribution in [3.8, 4) is 11.3 Å². The molecule has 112 valence electrons. The average Bonchev–Trinajstić information content (AvgIpc) is 2.48. The van der Waals surface area contributed by atoms with Gasteiger partial charge in [-0.15, -0.1) is 0 Å². The van der Waals surface area contributed by atoms with E-state index in [1.807, 2.05) is 25.1 Å². The van der Waals surface area contributed by atoms with Crippen molar-refractivity contribution in [3.63, 3.8) is 0 Å². The zero-order valence-corrected chi connectivity index (χ0v) is 13.9. The molecule has 0 N–H and O–H groups in total. The summed E-state index contributed by atoms with van der Waals surface area (Å²) < 4.78 is 0. The van der Waals surface area contributed by atoms with Gasteiger partial charge in [0, 0.05) is 28.1 Å². The van der Waals surface area contributed by atoms with Crippen LogP contribution in [0.4, 0.5) is 0 Å². The van der Waals surface area contributed by atoms with Crippen LogP contribution < -0.4 is 0 Å². The second kappa shape index (κ2) is 5.33. The van der Waals surface area contributed by atoms with Gasteiger partial charge in [-0.25, -0.2) is 9.97 Å². The molecule has 0 fully saturated rings. The summed E-state index contributed by atoms with van der Waals surface area (Å²) in [5.74, 6) is 0.749. The average molecular weight is 312 g/mol. The van der Waals surface area contributed by atoms with E-state index in [0.717, 1.165) is 33.5 Å². The summed E-state index contributed by atoms with van der Waals surface area (Å²) >= 11 is 6.33. The van der Waals surface area contributed by atoms with Crippen LogP contribution >= 0.6 is 11.6 Å². The SMILES string of the molecule is Cc1c(Cl)nc(C(C)(C)C)nc1-c1ccc2cccnc2c1. The Hall–Kier alpha value is -2.00. The minimum absolute atomic E-state index is 0.152. The Morgan fingerprint density at radius 3 is 2.55 bits per heavy atom. The summed E-state index contributed by atoms with van der Waals surface area (Å²) in [6.45, 7) is 8.20. The van der Waals surface area contributed by atoms with Gasteiger partial charge in [-0.1, -0.05) is 50.6 Å². The predicted molar refractivity (Wildman–Crippen MR) is 91.2 cm³/mol. The van der Waals surface area contributed by atoms with E-state index in [9.17, 15) is 0 Å². The first kappa shape index (κ1) is 14.9. The third-order valence-corrected chi connectivity index (χ3v) is 4.00. The van der Waals surface area contributed by atoms with Crippen LogP contribution in [0.2, 0.25) is 5.15 Å². The van der Waals surface area contributed by atoms with Gasteiger partial charge in [-0.05, 0) is 19.1 Å². The van der Waals surface area contributed by atoms with Gasteiger partial charge in [-0.2, -0.15) is 0 Å². The first-order valence-electron chi connectivity index (χ1n) is 7.26. The highest BCUT2D eigenvalue weighted by Gasteiger charge is 2.21. The lowest BCUT2D eigenvalue weighted by Gasteiger charge is -2.19. The van der Waals surface area contributed by atoms with Gasteiger partial charge in [0.25, 0.3) is 0 Å². The first-order valence-corrected chi connectivity index (χ1v) is 7.64. The molecule has 0 saturated heterocycles. The summed E-state index contributed by atoms with van der Waals surface area (Å²) in [6, 6.07) is 10.2. The fourth-order valence-corrected chi connectivity index (χ4v) is 2.49. The summed E-state index contributed by atoms with van der Waals surface area (Å²) in [7, 11) is 0. The van der Waals surface area contributed by atoms with Crippen LogP contribution in [0, 0.1) is 6.92 Å². The summed E-state index contributed by atoms with van der Waals surface area (Å²) in [5.41, 5.74) is 3.58. The molecule has 0 radical (unpaired) electrons.